The fourth-order valence-electron chi connectivity index (χ4n) is 9.34. The number of rotatable bonds is 16. The van der Waals surface area contributed by atoms with Crippen molar-refractivity contribution in [2.75, 3.05) is 58.9 Å². The Morgan fingerprint density at radius 3 is 1.34 bits per heavy atom. The molecule has 6 heterocycles. The fourth-order valence-corrected chi connectivity index (χ4v) is 11.4. The lowest BCUT2D eigenvalue weighted by molar-refractivity contribution is -0.114. The maximum Gasteiger partial charge on any atom is 0.259 e. The molecule has 0 aliphatic carbocycles. The fraction of sp³-hybridized carbons (Fsp3) is 0.500. The molecule has 6 nitrogen and oxygen atoms in total. The molecule has 2 fully saturated rings. The van der Waals surface area contributed by atoms with Crippen LogP contribution >= 0.6 is 22.7 Å². The van der Waals surface area contributed by atoms with Crippen molar-refractivity contribution in [1.82, 2.24) is 0 Å². The van der Waals surface area contributed by atoms with E-state index in [-0.39, 0.29) is 11.8 Å². The van der Waals surface area contributed by atoms with E-state index in [2.05, 4.69) is 98.2 Å². The highest BCUT2D eigenvalue weighted by Crippen LogP contribution is 2.50. The first-order valence-electron chi connectivity index (χ1n) is 21.8. The van der Waals surface area contributed by atoms with Crippen LogP contribution in [-0.4, -0.2) is 51.1 Å². The van der Waals surface area contributed by atoms with Gasteiger partial charge in [-0.3, -0.25) is 9.59 Å². The first-order valence-corrected chi connectivity index (χ1v) is 23.4. The predicted octanol–water partition coefficient (Wildman–Crippen LogP) is 12.4. The molecule has 2 aromatic carbocycles. The summed E-state index contributed by atoms with van der Waals surface area (Å²) in [5.41, 5.74) is 7.13. The molecule has 0 N–H and O–H groups in total. The van der Waals surface area contributed by atoms with Crippen LogP contribution in [0, 0.1) is 11.8 Å². The van der Waals surface area contributed by atoms with Gasteiger partial charge in [0, 0.05) is 60.1 Å². The van der Waals surface area contributed by atoms with Gasteiger partial charge in [0.25, 0.3) is 11.8 Å². The third-order valence-corrected chi connectivity index (χ3v) is 15.2. The Hall–Kier alpha value is -3.88. The molecule has 56 heavy (non-hydrogen) atoms. The molecule has 296 valence electrons. The van der Waals surface area contributed by atoms with E-state index in [1.165, 1.54) is 45.4 Å². The SMILES string of the molecule is CCCCC(CC)CN1C(=O)/C(=C2\C(=O)N(CC(CC)CCCC)c3cc(-c4ccc(N5CCCC5)s4)ccc32)c2ccc(-c3ccc(N4CCCC4)s3)cc21. The second-order valence-corrected chi connectivity index (χ2v) is 18.7. The van der Waals surface area contributed by atoms with Crippen molar-refractivity contribution in [1.29, 1.82) is 0 Å². The number of hydrogen-bond donors (Lipinski definition) is 0. The van der Waals surface area contributed by atoms with Gasteiger partial charge in [-0.1, -0.05) is 90.5 Å². The van der Waals surface area contributed by atoms with Crippen molar-refractivity contribution in [2.24, 2.45) is 11.8 Å². The standard InChI is InChI=1S/C48H60N4O2S2/c1-5-9-15-33(7-3)31-51-39-29-35(41-21-23-43(55-41)49-25-11-12-26-49)17-19-37(39)45(47(51)53)46-38-20-18-36(42-22-24-44(56-42)50-27-13-14-28-50)30-40(38)52(48(46)54)32-34(8-4)16-10-6-2/h17-24,29-30,33-34H,5-16,25-28,31-32H2,1-4H3/b46-45-. The molecule has 4 aliphatic heterocycles. The molecule has 2 saturated heterocycles. The summed E-state index contributed by atoms with van der Waals surface area (Å²) in [5, 5.41) is 2.65. The lowest BCUT2D eigenvalue weighted by atomic mass is 9.95. The van der Waals surface area contributed by atoms with Gasteiger partial charge in [0.15, 0.2) is 0 Å². The number of fused-ring (bicyclic) bond motifs is 2. The maximum absolute atomic E-state index is 15.1. The third-order valence-electron chi connectivity index (χ3n) is 12.8. The smallest absolute Gasteiger partial charge is 0.259 e. The zero-order chi connectivity index (χ0) is 38.8. The molecule has 2 aromatic heterocycles. The summed E-state index contributed by atoms with van der Waals surface area (Å²) in [5.74, 6) is 0.744. The van der Waals surface area contributed by atoms with Crippen molar-refractivity contribution in [3.05, 3.63) is 71.8 Å². The monoisotopic (exact) mass is 788 g/mol. The van der Waals surface area contributed by atoms with Gasteiger partial charge >= 0.3 is 0 Å². The first-order chi connectivity index (χ1) is 27.4. The minimum Gasteiger partial charge on any atom is -0.363 e. The Morgan fingerprint density at radius 2 is 0.964 bits per heavy atom. The Labute approximate surface area is 343 Å². The number of amides is 2. The topological polar surface area (TPSA) is 47.1 Å². The van der Waals surface area contributed by atoms with Crippen molar-refractivity contribution >= 4 is 67.0 Å². The van der Waals surface area contributed by atoms with Crippen molar-refractivity contribution < 1.29 is 9.59 Å². The van der Waals surface area contributed by atoms with Crippen LogP contribution in [0.1, 0.15) is 116 Å². The predicted molar refractivity (Wildman–Crippen MR) is 241 cm³/mol. The van der Waals surface area contributed by atoms with Gasteiger partial charge in [-0.2, -0.15) is 0 Å². The van der Waals surface area contributed by atoms with Crippen LogP contribution in [0.15, 0.2) is 60.7 Å². The zero-order valence-electron chi connectivity index (χ0n) is 34.1. The van der Waals surface area contributed by atoms with Gasteiger partial charge in [0.1, 0.15) is 0 Å². The highest BCUT2D eigenvalue weighted by molar-refractivity contribution is 7.19. The number of carbonyl (C=O) groups excluding carboxylic acids is 2. The quantitative estimate of drug-likeness (QED) is 0.106. The molecule has 0 spiro atoms. The molecule has 2 atom stereocenters. The largest absolute Gasteiger partial charge is 0.363 e. The molecule has 0 saturated carbocycles. The molecule has 4 aromatic rings. The number of nitrogens with zero attached hydrogens (tertiary/aromatic N) is 4. The van der Waals surface area contributed by atoms with Gasteiger partial charge in [0.05, 0.1) is 32.5 Å². The van der Waals surface area contributed by atoms with Crippen LogP contribution in [0.3, 0.4) is 0 Å². The molecule has 4 aliphatic rings. The van der Waals surface area contributed by atoms with E-state index in [1.807, 2.05) is 32.5 Å². The van der Waals surface area contributed by atoms with Gasteiger partial charge < -0.3 is 19.6 Å². The molecular weight excluding hydrogens is 729 g/mol. The van der Waals surface area contributed by atoms with Crippen LogP contribution in [-0.2, 0) is 9.59 Å². The van der Waals surface area contributed by atoms with E-state index < -0.39 is 0 Å². The van der Waals surface area contributed by atoms with Crippen LogP contribution in [0.2, 0.25) is 0 Å². The minimum atomic E-state index is -0.0252. The Kier molecular flexibility index (Phi) is 12.0. The van der Waals surface area contributed by atoms with Gasteiger partial charge in [-0.25, -0.2) is 0 Å². The van der Waals surface area contributed by atoms with E-state index in [0.29, 0.717) is 36.1 Å². The molecular formula is C48H60N4O2S2. The molecule has 2 unspecified atom stereocenters. The third kappa shape index (κ3) is 7.60. The van der Waals surface area contributed by atoms with Crippen LogP contribution in [0.5, 0.6) is 0 Å². The van der Waals surface area contributed by atoms with Crippen molar-refractivity contribution in [3.63, 3.8) is 0 Å². The summed E-state index contributed by atoms with van der Waals surface area (Å²) in [6.07, 6.45) is 13.8. The highest BCUT2D eigenvalue weighted by Gasteiger charge is 2.43. The van der Waals surface area contributed by atoms with Gasteiger partial charge in [-0.15, -0.1) is 22.7 Å². The Balaban J connectivity index is 1.23. The summed E-state index contributed by atoms with van der Waals surface area (Å²) in [6.45, 7) is 14.8. The average molecular weight is 789 g/mol. The van der Waals surface area contributed by atoms with E-state index in [4.69, 9.17) is 0 Å². The zero-order valence-corrected chi connectivity index (χ0v) is 35.7. The highest BCUT2D eigenvalue weighted by atomic mass is 32.1. The molecule has 0 bridgehead atoms. The molecule has 0 radical (unpaired) electrons. The van der Waals surface area contributed by atoms with Crippen molar-refractivity contribution in [3.8, 4) is 20.9 Å². The number of unbranched alkanes of at least 4 members (excludes halogenated alkanes) is 2. The number of benzene rings is 2. The van der Waals surface area contributed by atoms with E-state index in [1.54, 1.807) is 0 Å². The summed E-state index contributed by atoms with van der Waals surface area (Å²) in [6, 6.07) is 22.1. The minimum absolute atomic E-state index is 0.0252. The summed E-state index contributed by atoms with van der Waals surface area (Å²) >= 11 is 3.69. The Morgan fingerprint density at radius 1 is 0.554 bits per heavy atom. The summed E-state index contributed by atoms with van der Waals surface area (Å²) < 4.78 is 0. The summed E-state index contributed by atoms with van der Waals surface area (Å²) in [7, 11) is 0. The number of thiophene rings is 2. The van der Waals surface area contributed by atoms with Crippen LogP contribution in [0.4, 0.5) is 21.4 Å². The normalized spacial score (nSPS) is 19.1. The van der Waals surface area contributed by atoms with Crippen LogP contribution < -0.4 is 19.6 Å². The van der Waals surface area contributed by atoms with Gasteiger partial charge in [0.2, 0.25) is 0 Å². The van der Waals surface area contributed by atoms with E-state index in [9.17, 15) is 0 Å². The summed E-state index contributed by atoms with van der Waals surface area (Å²) in [4.78, 5) is 41.7. The number of anilines is 4. The number of hydrogen-bond acceptors (Lipinski definition) is 6. The second kappa shape index (κ2) is 17.3. The first kappa shape index (κ1) is 39.0. The second-order valence-electron chi connectivity index (χ2n) is 16.5. The average Bonchev–Trinajstić information content (AvgIpc) is 4.08. The number of carbonyl (C=O) groups is 2. The lowest BCUT2D eigenvalue weighted by Gasteiger charge is -2.24. The molecule has 8 rings (SSSR count). The lowest BCUT2D eigenvalue weighted by Crippen LogP contribution is -2.34. The van der Waals surface area contributed by atoms with Gasteiger partial charge in [-0.05, 0) is 97.9 Å². The molecule has 8 heteroatoms. The molecule has 2 amide bonds. The maximum atomic E-state index is 15.1. The van der Waals surface area contributed by atoms with E-state index in [0.717, 1.165) is 111 Å². The Bertz CT molecular complexity index is 1920. The van der Waals surface area contributed by atoms with Crippen LogP contribution in [0.25, 0.3) is 32.0 Å². The van der Waals surface area contributed by atoms with E-state index >= 15 is 9.59 Å². The van der Waals surface area contributed by atoms with Crippen molar-refractivity contribution in [2.45, 2.75) is 105 Å².